The van der Waals surface area contributed by atoms with Crippen LogP contribution in [0.5, 0.6) is 5.75 Å². The maximum Gasteiger partial charge on any atom is 0.257 e. The van der Waals surface area contributed by atoms with Crippen LogP contribution in [0.1, 0.15) is 30.6 Å². The molecule has 0 saturated carbocycles. The van der Waals surface area contributed by atoms with E-state index in [0.717, 1.165) is 6.42 Å². The monoisotopic (exact) mass is 407 g/mol. The molecule has 1 amide bonds. The van der Waals surface area contributed by atoms with Crippen LogP contribution in [-0.4, -0.2) is 25.5 Å². The second-order valence-electron chi connectivity index (χ2n) is 5.84. The van der Waals surface area contributed by atoms with Crippen LogP contribution in [0, 0.1) is 0 Å². The molecule has 0 heterocycles. The molecule has 0 radical (unpaired) electrons. The molecule has 0 spiro atoms. The van der Waals surface area contributed by atoms with E-state index in [1.165, 1.54) is 24.3 Å². The van der Waals surface area contributed by atoms with E-state index in [1.807, 2.05) is 13.8 Å². The van der Waals surface area contributed by atoms with Crippen molar-refractivity contribution >= 4 is 38.9 Å². The molecule has 0 aromatic heterocycles. The van der Waals surface area contributed by atoms with Gasteiger partial charge in [0.1, 0.15) is 5.75 Å². The van der Waals surface area contributed by atoms with Crippen LogP contribution in [0.4, 0.5) is 5.69 Å². The fraction of sp³-hybridized carbons (Fsp3) is 0.222. The van der Waals surface area contributed by atoms with Crippen LogP contribution < -0.4 is 20.5 Å². The van der Waals surface area contributed by atoms with E-state index < -0.39 is 10.0 Å². The van der Waals surface area contributed by atoms with Crippen LogP contribution in [0.2, 0.25) is 0 Å². The topological polar surface area (TPSA) is 111 Å². The zero-order valence-corrected chi connectivity index (χ0v) is 16.6. The fourth-order valence-electron chi connectivity index (χ4n) is 2.09. The second kappa shape index (κ2) is 8.94. The minimum atomic E-state index is -3.76. The molecule has 27 heavy (non-hydrogen) atoms. The highest BCUT2D eigenvalue weighted by Gasteiger charge is 2.11. The van der Waals surface area contributed by atoms with Gasteiger partial charge in [-0.05, 0) is 68.0 Å². The maximum absolute atomic E-state index is 12.3. The number of rotatable bonds is 6. The summed E-state index contributed by atoms with van der Waals surface area (Å²) >= 11 is 5.12. The van der Waals surface area contributed by atoms with Gasteiger partial charge in [0.05, 0.1) is 11.0 Å². The highest BCUT2D eigenvalue weighted by Crippen LogP contribution is 2.16. The van der Waals surface area contributed by atoms with E-state index in [2.05, 4.69) is 10.6 Å². The largest absolute Gasteiger partial charge is 0.491 e. The molecule has 2 aromatic rings. The minimum Gasteiger partial charge on any atom is -0.491 e. The lowest BCUT2D eigenvalue weighted by Crippen LogP contribution is -2.34. The lowest BCUT2D eigenvalue weighted by atomic mass is 10.2. The van der Waals surface area contributed by atoms with Crippen molar-refractivity contribution in [2.45, 2.75) is 31.3 Å². The second-order valence-corrected chi connectivity index (χ2v) is 7.81. The number of hydrogen-bond donors (Lipinski definition) is 3. The molecule has 7 nitrogen and oxygen atoms in total. The molecule has 9 heteroatoms. The van der Waals surface area contributed by atoms with Gasteiger partial charge in [-0.1, -0.05) is 13.0 Å². The molecule has 0 saturated heterocycles. The highest BCUT2D eigenvalue weighted by atomic mass is 32.2. The number of carbonyl (C=O) groups excluding carboxylic acids is 1. The molecular weight excluding hydrogens is 386 g/mol. The SMILES string of the molecule is CCC(C)Oc1cccc(C(=O)NC(=S)Nc2ccc(S(N)(=O)=O)cc2)c1. The molecule has 2 rings (SSSR count). The van der Waals surface area contributed by atoms with E-state index in [1.54, 1.807) is 24.3 Å². The first-order valence-corrected chi connectivity index (χ1v) is 10.2. The van der Waals surface area contributed by atoms with E-state index >= 15 is 0 Å². The molecular formula is C18H21N3O4S2. The van der Waals surface area contributed by atoms with Crippen LogP contribution in [0.15, 0.2) is 53.4 Å². The average molecular weight is 408 g/mol. The molecule has 1 unspecified atom stereocenters. The third-order valence-electron chi connectivity index (χ3n) is 3.68. The Balaban J connectivity index is 1.99. The molecule has 2 aromatic carbocycles. The summed E-state index contributed by atoms with van der Waals surface area (Å²) in [7, 11) is -3.76. The van der Waals surface area contributed by atoms with Gasteiger partial charge in [0.25, 0.3) is 5.91 Å². The first kappa shape index (κ1) is 20.8. The zero-order chi connectivity index (χ0) is 20.0. The summed E-state index contributed by atoms with van der Waals surface area (Å²) in [5.41, 5.74) is 0.922. The predicted octanol–water partition coefficient (Wildman–Crippen LogP) is 2.64. The van der Waals surface area contributed by atoms with Crippen molar-refractivity contribution in [3.8, 4) is 5.75 Å². The van der Waals surface area contributed by atoms with Crippen LogP contribution in [0.3, 0.4) is 0 Å². The molecule has 144 valence electrons. The van der Waals surface area contributed by atoms with Crippen LogP contribution in [-0.2, 0) is 10.0 Å². The van der Waals surface area contributed by atoms with Gasteiger partial charge in [-0.3, -0.25) is 10.1 Å². The summed E-state index contributed by atoms with van der Waals surface area (Å²) in [4.78, 5) is 12.3. The van der Waals surface area contributed by atoms with Crippen LogP contribution >= 0.6 is 12.2 Å². The Hall–Kier alpha value is -2.49. The third kappa shape index (κ3) is 6.31. The summed E-state index contributed by atoms with van der Waals surface area (Å²) in [6, 6.07) is 12.5. The van der Waals surface area contributed by atoms with Crippen molar-refractivity contribution in [1.29, 1.82) is 0 Å². The number of hydrogen-bond acceptors (Lipinski definition) is 5. The number of carbonyl (C=O) groups is 1. The Morgan fingerprint density at radius 1 is 1.22 bits per heavy atom. The number of amides is 1. The van der Waals surface area contributed by atoms with Crippen molar-refractivity contribution in [3.63, 3.8) is 0 Å². The first-order valence-electron chi connectivity index (χ1n) is 8.21. The molecule has 1 atom stereocenters. The molecule has 0 aliphatic rings. The molecule has 4 N–H and O–H groups in total. The number of ether oxygens (including phenoxy) is 1. The van der Waals surface area contributed by atoms with Gasteiger partial charge in [-0.15, -0.1) is 0 Å². The Morgan fingerprint density at radius 3 is 2.48 bits per heavy atom. The standard InChI is InChI=1S/C18H21N3O4S2/c1-3-12(2)25-15-6-4-5-13(11-15)17(22)21-18(26)20-14-7-9-16(10-8-14)27(19,23)24/h4-12H,3H2,1-2H3,(H2,19,23,24)(H2,20,21,22,26). The van der Waals surface area contributed by atoms with E-state index in [0.29, 0.717) is 17.0 Å². The molecule has 0 fully saturated rings. The van der Waals surface area contributed by atoms with Gasteiger partial charge < -0.3 is 10.1 Å². The number of nitrogens with two attached hydrogens (primary N) is 1. The quantitative estimate of drug-likeness (QED) is 0.635. The smallest absolute Gasteiger partial charge is 0.257 e. The van der Waals surface area contributed by atoms with Crippen molar-refractivity contribution < 1.29 is 17.9 Å². The number of anilines is 1. The summed E-state index contributed by atoms with van der Waals surface area (Å²) in [5, 5.41) is 10.5. The van der Waals surface area contributed by atoms with E-state index in [4.69, 9.17) is 22.1 Å². The van der Waals surface area contributed by atoms with Crippen molar-refractivity contribution in [1.82, 2.24) is 5.32 Å². The van der Waals surface area contributed by atoms with Gasteiger partial charge in [0.15, 0.2) is 5.11 Å². The number of sulfonamides is 1. The minimum absolute atomic E-state index is 0.0128. The Bertz CT molecular complexity index is 928. The first-order chi connectivity index (χ1) is 12.7. The third-order valence-corrected chi connectivity index (χ3v) is 4.81. The summed E-state index contributed by atoms with van der Waals surface area (Å²) in [6.07, 6.45) is 0.903. The number of thiocarbonyl (C=S) groups is 1. The molecule has 0 aliphatic carbocycles. The Morgan fingerprint density at radius 2 is 1.89 bits per heavy atom. The fourth-order valence-corrected chi connectivity index (χ4v) is 2.82. The highest BCUT2D eigenvalue weighted by molar-refractivity contribution is 7.89. The Labute approximate surface area is 164 Å². The summed E-state index contributed by atoms with van der Waals surface area (Å²) in [6.45, 7) is 3.97. The van der Waals surface area contributed by atoms with Crippen molar-refractivity contribution in [2.75, 3.05) is 5.32 Å². The normalized spacial score (nSPS) is 12.1. The maximum atomic E-state index is 12.3. The van der Waals surface area contributed by atoms with Gasteiger partial charge in [0.2, 0.25) is 10.0 Å². The average Bonchev–Trinajstić information content (AvgIpc) is 2.61. The van der Waals surface area contributed by atoms with Crippen molar-refractivity contribution in [3.05, 3.63) is 54.1 Å². The van der Waals surface area contributed by atoms with Gasteiger partial charge >= 0.3 is 0 Å². The van der Waals surface area contributed by atoms with Crippen molar-refractivity contribution in [2.24, 2.45) is 5.14 Å². The van der Waals surface area contributed by atoms with Gasteiger partial charge in [-0.25, -0.2) is 13.6 Å². The number of nitrogens with one attached hydrogen (secondary N) is 2. The van der Waals surface area contributed by atoms with Gasteiger partial charge in [0, 0.05) is 11.3 Å². The lowest BCUT2D eigenvalue weighted by molar-refractivity contribution is 0.0977. The van der Waals surface area contributed by atoms with Gasteiger partial charge in [-0.2, -0.15) is 0 Å². The van der Waals surface area contributed by atoms with Crippen LogP contribution in [0.25, 0.3) is 0 Å². The van der Waals surface area contributed by atoms with E-state index in [9.17, 15) is 13.2 Å². The summed E-state index contributed by atoms with van der Waals surface area (Å²) in [5.74, 6) is 0.220. The number of primary sulfonamides is 1. The summed E-state index contributed by atoms with van der Waals surface area (Å²) < 4.78 is 28.2. The Kier molecular flexibility index (Phi) is 6.89. The zero-order valence-electron chi connectivity index (χ0n) is 14.9. The van der Waals surface area contributed by atoms with E-state index in [-0.39, 0.29) is 22.0 Å². The predicted molar refractivity (Wildman–Crippen MR) is 108 cm³/mol. The number of benzene rings is 2. The molecule has 0 aliphatic heterocycles. The lowest BCUT2D eigenvalue weighted by Gasteiger charge is -2.14. The molecule has 0 bridgehead atoms.